The molecule has 1 aliphatic carbocycles. The first-order valence-electron chi connectivity index (χ1n) is 7.93. The number of halogens is 1. The Morgan fingerprint density at radius 2 is 2.08 bits per heavy atom. The fourth-order valence-corrected chi connectivity index (χ4v) is 3.88. The number of nitrogens with one attached hydrogen (secondary N) is 2. The second-order valence-electron chi connectivity index (χ2n) is 6.49. The molecule has 2 amide bonds. The van der Waals surface area contributed by atoms with Crippen LogP contribution in [0.2, 0.25) is 0 Å². The van der Waals surface area contributed by atoms with Crippen molar-refractivity contribution in [2.24, 2.45) is 0 Å². The van der Waals surface area contributed by atoms with Gasteiger partial charge in [-0.25, -0.2) is 17.6 Å². The van der Waals surface area contributed by atoms with E-state index in [-0.39, 0.29) is 11.7 Å². The van der Waals surface area contributed by atoms with Crippen LogP contribution in [0.4, 0.5) is 14.9 Å². The first-order chi connectivity index (χ1) is 12.0. The van der Waals surface area contributed by atoms with E-state index in [4.69, 9.17) is 5.26 Å². The van der Waals surface area contributed by atoms with Crippen LogP contribution in [0, 0.1) is 11.3 Å². The van der Waals surface area contributed by atoms with Gasteiger partial charge in [0.05, 0.1) is 17.3 Å². The molecule has 140 valence electrons. The molecule has 0 radical (unpaired) electrons. The Hall–Kier alpha value is -2.60. The van der Waals surface area contributed by atoms with Crippen LogP contribution in [-0.4, -0.2) is 30.6 Å². The summed E-state index contributed by atoms with van der Waals surface area (Å²) in [5, 5.41) is 21.8. The Balaban J connectivity index is 2.37. The molecule has 0 spiro atoms. The summed E-state index contributed by atoms with van der Waals surface area (Å²) in [6.45, 7) is 3.50. The van der Waals surface area contributed by atoms with Gasteiger partial charge in [-0.1, -0.05) is 11.6 Å². The number of sulfone groups is 1. The van der Waals surface area contributed by atoms with E-state index < -0.39 is 37.1 Å². The van der Waals surface area contributed by atoms with Crippen molar-refractivity contribution in [3.05, 3.63) is 29.3 Å². The van der Waals surface area contributed by atoms with Gasteiger partial charge >= 0.3 is 6.03 Å². The van der Waals surface area contributed by atoms with Gasteiger partial charge in [-0.05, 0) is 45.7 Å². The number of alkyl halides is 1. The molecule has 9 heteroatoms. The molecule has 0 saturated heterocycles. The molecule has 7 nitrogen and oxygen atoms in total. The molecule has 1 aromatic rings. The number of hydrogen-bond acceptors (Lipinski definition) is 5. The maximum Gasteiger partial charge on any atom is 0.319 e. The lowest BCUT2D eigenvalue weighted by molar-refractivity contribution is 0.249. The van der Waals surface area contributed by atoms with Crippen LogP contribution in [-0.2, 0) is 9.84 Å². The smallest absolute Gasteiger partial charge is 0.319 e. The number of benzene rings is 1. The minimum absolute atomic E-state index is 0.150. The molecular weight excluding hydrogens is 361 g/mol. The number of carbonyl (C=O) groups is 1. The van der Waals surface area contributed by atoms with Crippen molar-refractivity contribution in [2.75, 3.05) is 5.32 Å². The third kappa shape index (κ3) is 3.65. The lowest BCUT2D eigenvalue weighted by Gasteiger charge is -2.20. The molecule has 1 atom stereocenters. The Morgan fingerprint density at radius 1 is 1.42 bits per heavy atom. The standard InChI is InChI=1S/C17H20FN3O4S/c1-10-5-4-6-12(10)20-16(23)21-13-8-7-11(9-19)15(14(13)22)26(24,25)17(2,3)18/h5,7-8,12,22H,4,6H2,1-3H3,(H2,20,21,23). The average Bonchev–Trinajstić information content (AvgIpc) is 2.92. The molecule has 0 heterocycles. The number of phenols is 1. The Morgan fingerprint density at radius 3 is 2.58 bits per heavy atom. The number of hydrogen-bond donors (Lipinski definition) is 3. The molecule has 1 aromatic carbocycles. The van der Waals surface area contributed by atoms with Crippen molar-refractivity contribution in [3.63, 3.8) is 0 Å². The summed E-state index contributed by atoms with van der Waals surface area (Å²) in [6, 6.07) is 3.12. The Labute approximate surface area is 151 Å². The summed E-state index contributed by atoms with van der Waals surface area (Å²) in [4.78, 5) is 11.3. The minimum atomic E-state index is -4.66. The van der Waals surface area contributed by atoms with Crippen LogP contribution in [0.25, 0.3) is 0 Å². The van der Waals surface area contributed by atoms with Crippen LogP contribution in [0.3, 0.4) is 0 Å². The highest BCUT2D eigenvalue weighted by molar-refractivity contribution is 7.92. The zero-order valence-corrected chi connectivity index (χ0v) is 15.4. The number of anilines is 1. The number of carbonyl (C=O) groups excluding carboxylic acids is 1. The lowest BCUT2D eigenvalue weighted by atomic mass is 10.1. The Kier molecular flexibility index (Phi) is 5.28. The van der Waals surface area contributed by atoms with Gasteiger partial charge in [-0.2, -0.15) is 5.26 Å². The third-order valence-electron chi connectivity index (χ3n) is 4.18. The van der Waals surface area contributed by atoms with Gasteiger partial charge in [0.15, 0.2) is 5.75 Å². The summed E-state index contributed by atoms with van der Waals surface area (Å²) in [5.74, 6) is -0.872. The number of amides is 2. The normalized spacial score (nSPS) is 17.3. The van der Waals surface area contributed by atoms with E-state index in [1.165, 1.54) is 6.07 Å². The van der Waals surface area contributed by atoms with Crippen LogP contribution < -0.4 is 10.6 Å². The van der Waals surface area contributed by atoms with Gasteiger partial charge in [0.1, 0.15) is 11.0 Å². The van der Waals surface area contributed by atoms with Crippen LogP contribution >= 0.6 is 0 Å². The molecule has 26 heavy (non-hydrogen) atoms. The molecule has 3 N–H and O–H groups in total. The summed E-state index contributed by atoms with van der Waals surface area (Å²) >= 11 is 0. The van der Waals surface area contributed by atoms with Gasteiger partial charge in [0.25, 0.3) is 0 Å². The molecule has 0 aliphatic heterocycles. The molecule has 0 bridgehead atoms. The molecule has 0 fully saturated rings. The van der Waals surface area contributed by atoms with E-state index in [2.05, 4.69) is 10.6 Å². The quantitative estimate of drug-likeness (QED) is 0.547. The van der Waals surface area contributed by atoms with Crippen molar-refractivity contribution in [1.82, 2.24) is 5.32 Å². The van der Waals surface area contributed by atoms with E-state index >= 15 is 0 Å². The number of urea groups is 1. The van der Waals surface area contributed by atoms with Gasteiger partial charge in [0.2, 0.25) is 14.8 Å². The van der Waals surface area contributed by atoms with Gasteiger partial charge in [-0.15, -0.1) is 0 Å². The number of nitriles is 1. The summed E-state index contributed by atoms with van der Waals surface area (Å²) in [5.41, 5.74) is 0.365. The third-order valence-corrected chi connectivity index (χ3v) is 6.41. The molecule has 0 saturated carbocycles. The highest BCUT2D eigenvalue weighted by atomic mass is 32.2. The van der Waals surface area contributed by atoms with Gasteiger partial charge < -0.3 is 15.7 Å². The highest BCUT2D eigenvalue weighted by Crippen LogP contribution is 2.39. The number of aromatic hydroxyl groups is 1. The van der Waals surface area contributed by atoms with Crippen LogP contribution in [0.15, 0.2) is 28.7 Å². The number of rotatable bonds is 4. The fourth-order valence-electron chi connectivity index (χ4n) is 2.63. The summed E-state index contributed by atoms with van der Waals surface area (Å²) in [7, 11) is -4.66. The summed E-state index contributed by atoms with van der Waals surface area (Å²) in [6.07, 6.45) is 3.58. The van der Waals surface area contributed by atoms with Crippen molar-refractivity contribution < 1.29 is 22.7 Å². The summed E-state index contributed by atoms with van der Waals surface area (Å²) < 4.78 is 38.9. The van der Waals surface area contributed by atoms with E-state index in [1.54, 1.807) is 6.07 Å². The lowest BCUT2D eigenvalue weighted by Crippen LogP contribution is -2.37. The first kappa shape index (κ1) is 19.7. The van der Waals surface area contributed by atoms with Crippen molar-refractivity contribution >= 4 is 21.6 Å². The zero-order chi connectivity index (χ0) is 19.7. The van der Waals surface area contributed by atoms with Gasteiger partial charge in [-0.3, -0.25) is 0 Å². The highest BCUT2D eigenvalue weighted by Gasteiger charge is 2.40. The molecule has 2 rings (SSSR count). The fraction of sp³-hybridized carbons (Fsp3) is 0.412. The maximum atomic E-state index is 14.1. The topological polar surface area (TPSA) is 119 Å². The van der Waals surface area contributed by atoms with E-state index in [9.17, 15) is 22.7 Å². The first-order valence-corrected chi connectivity index (χ1v) is 9.41. The second-order valence-corrected chi connectivity index (χ2v) is 8.88. The minimum Gasteiger partial charge on any atom is -0.504 e. The molecular formula is C17H20FN3O4S. The molecule has 1 unspecified atom stereocenters. The maximum absolute atomic E-state index is 14.1. The second kappa shape index (κ2) is 6.96. The number of phenolic OH excluding ortho intramolecular Hbond substituents is 1. The molecule has 1 aliphatic rings. The average molecular weight is 381 g/mol. The van der Waals surface area contributed by atoms with Crippen molar-refractivity contribution in [2.45, 2.75) is 49.6 Å². The van der Waals surface area contributed by atoms with E-state index in [0.29, 0.717) is 0 Å². The van der Waals surface area contributed by atoms with E-state index in [0.717, 1.165) is 38.3 Å². The number of nitrogens with zero attached hydrogens (tertiary/aromatic N) is 1. The SMILES string of the molecule is CC1=CCCC1NC(=O)Nc1ccc(C#N)c(S(=O)(=O)C(C)(C)F)c1O. The van der Waals surface area contributed by atoms with Crippen molar-refractivity contribution in [1.29, 1.82) is 5.26 Å². The monoisotopic (exact) mass is 381 g/mol. The number of allylic oxidation sites excluding steroid dienone is 1. The van der Waals surface area contributed by atoms with E-state index in [1.807, 2.05) is 13.0 Å². The van der Waals surface area contributed by atoms with Crippen LogP contribution in [0.5, 0.6) is 5.75 Å². The molecule has 0 aromatic heterocycles. The van der Waals surface area contributed by atoms with Gasteiger partial charge in [0, 0.05) is 0 Å². The zero-order valence-electron chi connectivity index (χ0n) is 14.6. The predicted octanol–water partition coefficient (Wildman–Crippen LogP) is 2.97. The Bertz CT molecular complexity index is 911. The van der Waals surface area contributed by atoms with Crippen LogP contribution in [0.1, 0.15) is 39.2 Å². The largest absolute Gasteiger partial charge is 0.504 e. The predicted molar refractivity (Wildman–Crippen MR) is 94.1 cm³/mol. The van der Waals surface area contributed by atoms with Crippen molar-refractivity contribution in [3.8, 4) is 11.8 Å².